The van der Waals surface area contributed by atoms with Crippen molar-refractivity contribution in [3.63, 3.8) is 0 Å². The van der Waals surface area contributed by atoms with Gasteiger partial charge in [0.15, 0.2) is 0 Å². The molecule has 0 amide bonds. The van der Waals surface area contributed by atoms with Crippen LogP contribution in [0.15, 0.2) is 18.2 Å². The van der Waals surface area contributed by atoms with Gasteiger partial charge in [-0.15, -0.1) is 0 Å². The lowest BCUT2D eigenvalue weighted by Crippen LogP contribution is -2.43. The van der Waals surface area contributed by atoms with Crippen LogP contribution < -0.4 is 10.1 Å². The van der Waals surface area contributed by atoms with Gasteiger partial charge in [-0.25, -0.2) is 0 Å². The van der Waals surface area contributed by atoms with E-state index in [0.717, 1.165) is 25.4 Å². The van der Waals surface area contributed by atoms with Crippen LogP contribution in [0.1, 0.15) is 18.5 Å². The number of halogens is 1. The summed E-state index contributed by atoms with van der Waals surface area (Å²) < 4.78 is 5.44. The van der Waals surface area contributed by atoms with Crippen LogP contribution in [0.3, 0.4) is 0 Å². The molecule has 1 aliphatic heterocycles. The van der Waals surface area contributed by atoms with Gasteiger partial charge >= 0.3 is 0 Å². The third kappa shape index (κ3) is 2.92. The molecule has 1 saturated heterocycles. The van der Waals surface area contributed by atoms with Crippen molar-refractivity contribution in [2.24, 2.45) is 0 Å². The number of rotatable bonds is 3. The summed E-state index contributed by atoms with van der Waals surface area (Å²) in [4.78, 5) is 2.35. The lowest BCUT2D eigenvalue weighted by atomic mass is 10.0. The van der Waals surface area contributed by atoms with Crippen LogP contribution in [0.25, 0.3) is 0 Å². The van der Waals surface area contributed by atoms with Crippen LogP contribution in [0.4, 0.5) is 0 Å². The Labute approximate surface area is 108 Å². The van der Waals surface area contributed by atoms with E-state index >= 15 is 0 Å². The fourth-order valence-electron chi connectivity index (χ4n) is 2.18. The molecule has 0 bridgehead atoms. The first-order valence-corrected chi connectivity index (χ1v) is 6.43. The van der Waals surface area contributed by atoms with Crippen molar-refractivity contribution in [1.29, 1.82) is 0 Å². The number of hydrogen-bond acceptors (Lipinski definition) is 3. The summed E-state index contributed by atoms with van der Waals surface area (Å²) in [5.74, 6) is 0.768. The van der Waals surface area contributed by atoms with Gasteiger partial charge < -0.3 is 10.1 Å². The molecule has 0 saturated carbocycles. The predicted octanol–water partition coefficient (Wildman–Crippen LogP) is 2.31. The van der Waals surface area contributed by atoms with Crippen LogP contribution in [0.2, 0.25) is 5.02 Å². The second-order valence-corrected chi connectivity index (χ2v) is 4.73. The fourth-order valence-corrected chi connectivity index (χ4v) is 2.42. The average molecular weight is 255 g/mol. The Morgan fingerprint density at radius 2 is 2.35 bits per heavy atom. The van der Waals surface area contributed by atoms with Gasteiger partial charge in [-0.1, -0.05) is 17.7 Å². The first kappa shape index (κ1) is 12.7. The molecule has 17 heavy (non-hydrogen) atoms. The van der Waals surface area contributed by atoms with E-state index < -0.39 is 0 Å². The molecule has 1 fully saturated rings. The second kappa shape index (κ2) is 5.71. The van der Waals surface area contributed by atoms with E-state index in [9.17, 15) is 0 Å². The molecule has 4 heteroatoms. The van der Waals surface area contributed by atoms with Crippen LogP contribution in [-0.2, 0) is 0 Å². The van der Waals surface area contributed by atoms with Gasteiger partial charge in [-0.2, -0.15) is 0 Å². The number of hydrogen-bond donors (Lipinski definition) is 1. The molecule has 0 aliphatic carbocycles. The van der Waals surface area contributed by atoms with Gasteiger partial charge in [0.25, 0.3) is 0 Å². The second-order valence-electron chi connectivity index (χ2n) is 4.32. The van der Waals surface area contributed by atoms with E-state index in [1.165, 1.54) is 5.56 Å². The number of nitrogens with one attached hydrogen (secondary N) is 1. The Bertz CT molecular complexity index is 384. The van der Waals surface area contributed by atoms with Crippen molar-refractivity contribution < 1.29 is 4.74 Å². The molecular weight excluding hydrogens is 236 g/mol. The maximum Gasteiger partial charge on any atom is 0.137 e. The highest BCUT2D eigenvalue weighted by Gasteiger charge is 2.20. The minimum absolute atomic E-state index is 0.400. The Hall–Kier alpha value is -0.770. The molecule has 94 valence electrons. The van der Waals surface area contributed by atoms with Crippen molar-refractivity contribution >= 4 is 11.6 Å². The van der Waals surface area contributed by atoms with Crippen molar-refractivity contribution in [3.05, 3.63) is 28.8 Å². The molecule has 1 heterocycles. The third-order valence-corrected chi connectivity index (χ3v) is 3.45. The number of ether oxygens (including phenoxy) is 1. The van der Waals surface area contributed by atoms with Gasteiger partial charge in [-0.3, -0.25) is 4.90 Å². The Morgan fingerprint density at radius 3 is 3.00 bits per heavy atom. The summed E-state index contributed by atoms with van der Waals surface area (Å²) >= 11 is 6.21. The monoisotopic (exact) mass is 254 g/mol. The van der Waals surface area contributed by atoms with E-state index in [-0.39, 0.29) is 0 Å². The van der Waals surface area contributed by atoms with Gasteiger partial charge in [-0.05, 0) is 31.7 Å². The van der Waals surface area contributed by atoms with E-state index in [4.69, 9.17) is 16.3 Å². The normalized spacial score (nSPS) is 21.5. The molecule has 1 atom stereocenters. The Kier molecular flexibility index (Phi) is 4.26. The lowest BCUT2D eigenvalue weighted by Gasteiger charge is -2.33. The van der Waals surface area contributed by atoms with Crippen LogP contribution in [0.5, 0.6) is 5.75 Å². The Balaban J connectivity index is 2.18. The molecular formula is C13H19ClN2O. The largest absolute Gasteiger partial charge is 0.492 e. The molecule has 1 unspecified atom stereocenters. The average Bonchev–Trinajstić information content (AvgIpc) is 2.33. The third-order valence-electron chi connectivity index (χ3n) is 3.15. The molecule has 0 aromatic heterocycles. The van der Waals surface area contributed by atoms with Crippen LogP contribution >= 0.6 is 11.6 Å². The van der Waals surface area contributed by atoms with Gasteiger partial charge in [0.2, 0.25) is 0 Å². The molecule has 0 radical (unpaired) electrons. The maximum atomic E-state index is 6.21. The predicted molar refractivity (Wildman–Crippen MR) is 70.9 cm³/mol. The highest BCUT2D eigenvalue weighted by Crippen LogP contribution is 2.30. The Morgan fingerprint density at radius 1 is 1.53 bits per heavy atom. The molecule has 1 aliphatic rings. The molecule has 1 aromatic rings. The summed E-state index contributed by atoms with van der Waals surface area (Å²) in [5, 5.41) is 4.10. The maximum absolute atomic E-state index is 6.21. The summed E-state index contributed by atoms with van der Waals surface area (Å²) in [7, 11) is 2.15. The summed E-state index contributed by atoms with van der Waals surface area (Å²) in [6.45, 7) is 5.70. The van der Waals surface area contributed by atoms with E-state index in [2.05, 4.69) is 23.3 Å². The standard InChI is InChI=1S/C13H19ClN2O/c1-3-17-13-5-4-10(8-11(13)14)12-9-15-6-7-16(12)2/h4-5,8,12,15H,3,6-7,9H2,1-2H3. The van der Waals surface area contributed by atoms with Gasteiger partial charge in [0, 0.05) is 25.7 Å². The number of benzene rings is 1. The van der Waals surface area contributed by atoms with E-state index in [1.807, 2.05) is 19.1 Å². The first-order valence-electron chi connectivity index (χ1n) is 6.05. The fraction of sp³-hybridized carbons (Fsp3) is 0.538. The summed E-state index contributed by atoms with van der Waals surface area (Å²) in [6, 6.07) is 6.48. The molecule has 0 spiro atoms. The molecule has 1 N–H and O–H groups in total. The minimum atomic E-state index is 0.400. The van der Waals surface area contributed by atoms with Crippen molar-refractivity contribution in [2.75, 3.05) is 33.3 Å². The SMILES string of the molecule is CCOc1ccc(C2CNCCN2C)cc1Cl. The zero-order valence-electron chi connectivity index (χ0n) is 10.4. The summed E-state index contributed by atoms with van der Waals surface area (Å²) in [6.07, 6.45) is 0. The van der Waals surface area contributed by atoms with Gasteiger partial charge in [0.05, 0.1) is 11.6 Å². The van der Waals surface area contributed by atoms with E-state index in [0.29, 0.717) is 17.7 Å². The highest BCUT2D eigenvalue weighted by molar-refractivity contribution is 6.32. The highest BCUT2D eigenvalue weighted by atomic mass is 35.5. The smallest absolute Gasteiger partial charge is 0.137 e. The van der Waals surface area contributed by atoms with E-state index in [1.54, 1.807) is 0 Å². The lowest BCUT2D eigenvalue weighted by molar-refractivity contribution is 0.202. The first-order chi connectivity index (χ1) is 8.22. The minimum Gasteiger partial charge on any atom is -0.492 e. The molecule has 2 rings (SSSR count). The topological polar surface area (TPSA) is 24.5 Å². The van der Waals surface area contributed by atoms with Crippen molar-refractivity contribution in [1.82, 2.24) is 10.2 Å². The summed E-state index contributed by atoms with van der Waals surface area (Å²) in [5.41, 5.74) is 1.24. The molecule has 1 aromatic carbocycles. The van der Waals surface area contributed by atoms with Gasteiger partial charge in [0.1, 0.15) is 5.75 Å². The number of piperazine rings is 1. The van der Waals surface area contributed by atoms with Crippen molar-refractivity contribution in [3.8, 4) is 5.75 Å². The van der Waals surface area contributed by atoms with Crippen LogP contribution in [0, 0.1) is 0 Å². The zero-order valence-corrected chi connectivity index (χ0v) is 11.1. The van der Waals surface area contributed by atoms with Crippen LogP contribution in [-0.4, -0.2) is 38.2 Å². The zero-order chi connectivity index (χ0) is 12.3. The quantitative estimate of drug-likeness (QED) is 0.896. The number of likely N-dealkylation sites (N-methyl/N-ethyl adjacent to an activating group) is 1. The molecule has 3 nitrogen and oxygen atoms in total. The van der Waals surface area contributed by atoms with Crippen molar-refractivity contribution in [2.45, 2.75) is 13.0 Å². The number of nitrogens with zero attached hydrogens (tertiary/aromatic N) is 1.